The molecule has 1 atom stereocenters. The molecule has 0 radical (unpaired) electrons. The molecule has 1 aromatic rings. The third-order valence-corrected chi connectivity index (χ3v) is 2.52. The van der Waals surface area contributed by atoms with Gasteiger partial charge in [0.2, 0.25) is 0 Å². The Morgan fingerprint density at radius 1 is 1.24 bits per heavy atom. The predicted octanol–water partition coefficient (Wildman–Crippen LogP) is 1.49. The number of nitrogens with two attached hydrogens (primary N) is 1. The van der Waals surface area contributed by atoms with E-state index >= 15 is 0 Å². The van der Waals surface area contributed by atoms with Crippen molar-refractivity contribution in [2.24, 2.45) is 5.73 Å². The van der Waals surface area contributed by atoms with Gasteiger partial charge < -0.3 is 15.6 Å². The van der Waals surface area contributed by atoms with E-state index in [9.17, 15) is 18.3 Å². The van der Waals surface area contributed by atoms with Gasteiger partial charge >= 0.3 is 6.18 Å². The van der Waals surface area contributed by atoms with Gasteiger partial charge in [-0.2, -0.15) is 13.2 Å². The van der Waals surface area contributed by atoms with Gasteiger partial charge in [0.25, 0.3) is 0 Å². The summed E-state index contributed by atoms with van der Waals surface area (Å²) in [6.07, 6.45) is -5.32. The molecule has 0 heterocycles. The van der Waals surface area contributed by atoms with E-state index < -0.39 is 24.7 Å². The van der Waals surface area contributed by atoms with Gasteiger partial charge in [-0.05, 0) is 17.7 Å². The number of hydrogen-bond acceptors (Lipinski definition) is 3. The van der Waals surface area contributed by atoms with Gasteiger partial charge in [0.1, 0.15) is 5.75 Å². The van der Waals surface area contributed by atoms with Crippen molar-refractivity contribution in [1.29, 1.82) is 0 Å². The van der Waals surface area contributed by atoms with Gasteiger partial charge in [-0.3, -0.25) is 0 Å². The van der Waals surface area contributed by atoms with E-state index in [0.29, 0.717) is 11.3 Å². The molecule has 0 fully saturated rings. The van der Waals surface area contributed by atoms with Crippen LogP contribution < -0.4 is 10.5 Å². The van der Waals surface area contributed by atoms with Crippen LogP contribution >= 0.6 is 0 Å². The van der Waals surface area contributed by atoms with E-state index in [0.717, 1.165) is 0 Å². The van der Waals surface area contributed by atoms with Crippen LogP contribution in [0.15, 0.2) is 24.3 Å². The van der Waals surface area contributed by atoms with Gasteiger partial charge in [0, 0.05) is 13.0 Å². The Balaban J connectivity index is 2.87. The second kappa shape index (κ2) is 4.93. The number of alkyl halides is 3. The molecule has 1 rings (SSSR count). The number of rotatable bonds is 4. The maximum absolute atomic E-state index is 12.6. The molecule has 0 aliphatic carbocycles. The van der Waals surface area contributed by atoms with Crippen LogP contribution in [0.4, 0.5) is 13.2 Å². The zero-order valence-corrected chi connectivity index (χ0v) is 9.29. The Hall–Kier alpha value is -1.27. The van der Waals surface area contributed by atoms with Crippen molar-refractivity contribution in [2.75, 3.05) is 13.7 Å². The molecular weight excluding hydrogens is 235 g/mol. The molecule has 0 aliphatic heterocycles. The first-order valence-electron chi connectivity index (χ1n) is 4.94. The van der Waals surface area contributed by atoms with Crippen LogP contribution in [0, 0.1) is 0 Å². The van der Waals surface area contributed by atoms with Crippen LogP contribution in [0.3, 0.4) is 0 Å². The van der Waals surface area contributed by atoms with Crippen LogP contribution in [0.2, 0.25) is 0 Å². The molecule has 0 aromatic heterocycles. The Morgan fingerprint density at radius 2 is 1.76 bits per heavy atom. The van der Waals surface area contributed by atoms with Gasteiger partial charge in [-0.15, -0.1) is 0 Å². The number of ether oxygens (including phenoxy) is 1. The van der Waals surface area contributed by atoms with Crippen molar-refractivity contribution >= 4 is 0 Å². The molecule has 0 aliphatic rings. The van der Waals surface area contributed by atoms with E-state index in [2.05, 4.69) is 0 Å². The molecule has 0 spiro atoms. The fourth-order valence-electron chi connectivity index (χ4n) is 1.37. The minimum atomic E-state index is -4.75. The first-order chi connectivity index (χ1) is 7.82. The van der Waals surface area contributed by atoms with E-state index in [4.69, 9.17) is 10.5 Å². The van der Waals surface area contributed by atoms with Crippen LogP contribution in [0.1, 0.15) is 5.56 Å². The van der Waals surface area contributed by atoms with E-state index in [-0.39, 0.29) is 0 Å². The summed E-state index contributed by atoms with van der Waals surface area (Å²) in [5, 5.41) is 9.46. The molecule has 0 saturated carbocycles. The zero-order valence-electron chi connectivity index (χ0n) is 9.29. The monoisotopic (exact) mass is 249 g/mol. The summed E-state index contributed by atoms with van der Waals surface area (Å²) in [7, 11) is 1.46. The smallest absolute Gasteiger partial charge is 0.418 e. The minimum Gasteiger partial charge on any atom is -0.497 e. The van der Waals surface area contributed by atoms with Crippen molar-refractivity contribution in [3.8, 4) is 5.75 Å². The Kier molecular flexibility index (Phi) is 4.00. The number of benzene rings is 1. The van der Waals surface area contributed by atoms with Crippen LogP contribution in [-0.4, -0.2) is 30.5 Å². The Bertz CT molecular complexity index is 364. The van der Waals surface area contributed by atoms with Crippen molar-refractivity contribution in [3.05, 3.63) is 29.8 Å². The summed E-state index contributed by atoms with van der Waals surface area (Å²) < 4.78 is 42.6. The van der Waals surface area contributed by atoms with Crippen molar-refractivity contribution in [2.45, 2.75) is 18.2 Å². The van der Waals surface area contributed by atoms with Crippen LogP contribution in [-0.2, 0) is 6.42 Å². The van der Waals surface area contributed by atoms with E-state index in [1.54, 1.807) is 0 Å². The fourth-order valence-corrected chi connectivity index (χ4v) is 1.37. The third kappa shape index (κ3) is 3.10. The lowest BCUT2D eigenvalue weighted by atomic mass is 9.94. The molecule has 0 bridgehead atoms. The average Bonchev–Trinajstić information content (AvgIpc) is 2.28. The number of methoxy groups -OCH3 is 1. The lowest BCUT2D eigenvalue weighted by Gasteiger charge is -2.29. The first-order valence-corrected chi connectivity index (χ1v) is 4.94. The highest BCUT2D eigenvalue weighted by molar-refractivity contribution is 5.28. The first kappa shape index (κ1) is 13.8. The second-order valence-corrected chi connectivity index (χ2v) is 3.76. The van der Waals surface area contributed by atoms with E-state index in [1.165, 1.54) is 31.4 Å². The largest absolute Gasteiger partial charge is 0.497 e. The molecule has 96 valence electrons. The maximum atomic E-state index is 12.6. The molecule has 0 saturated heterocycles. The number of hydrogen-bond donors (Lipinski definition) is 2. The number of aliphatic hydroxyl groups is 1. The molecule has 3 nitrogen and oxygen atoms in total. The van der Waals surface area contributed by atoms with Gasteiger partial charge in [-0.1, -0.05) is 12.1 Å². The van der Waals surface area contributed by atoms with Gasteiger partial charge in [0.05, 0.1) is 7.11 Å². The SMILES string of the molecule is COc1ccc(CC(O)(CN)C(F)(F)F)cc1. The average molecular weight is 249 g/mol. The summed E-state index contributed by atoms with van der Waals surface area (Å²) in [5.74, 6) is 0.539. The van der Waals surface area contributed by atoms with Crippen molar-refractivity contribution < 1.29 is 23.0 Å². The van der Waals surface area contributed by atoms with Crippen molar-refractivity contribution in [3.63, 3.8) is 0 Å². The van der Waals surface area contributed by atoms with E-state index in [1.807, 2.05) is 0 Å². The lowest BCUT2D eigenvalue weighted by Crippen LogP contribution is -2.52. The molecule has 3 N–H and O–H groups in total. The summed E-state index contributed by atoms with van der Waals surface area (Å²) in [6, 6.07) is 5.99. The summed E-state index contributed by atoms with van der Waals surface area (Å²) in [4.78, 5) is 0. The van der Waals surface area contributed by atoms with Crippen LogP contribution in [0.5, 0.6) is 5.75 Å². The fraction of sp³-hybridized carbons (Fsp3) is 0.455. The maximum Gasteiger partial charge on any atom is 0.418 e. The Labute approximate surface area is 97.0 Å². The molecule has 17 heavy (non-hydrogen) atoms. The second-order valence-electron chi connectivity index (χ2n) is 3.76. The summed E-state index contributed by atoms with van der Waals surface area (Å²) >= 11 is 0. The summed E-state index contributed by atoms with van der Waals surface area (Å²) in [6.45, 7) is -0.872. The lowest BCUT2D eigenvalue weighted by molar-refractivity contribution is -0.255. The molecule has 6 heteroatoms. The quantitative estimate of drug-likeness (QED) is 0.850. The topological polar surface area (TPSA) is 55.5 Å². The summed E-state index contributed by atoms with van der Waals surface area (Å²) in [5.41, 5.74) is 2.46. The molecule has 0 amide bonds. The molecular formula is C11H14F3NO2. The van der Waals surface area contributed by atoms with Crippen molar-refractivity contribution in [1.82, 2.24) is 0 Å². The highest BCUT2D eigenvalue weighted by Gasteiger charge is 2.52. The minimum absolute atomic E-state index is 0.344. The predicted molar refractivity (Wildman–Crippen MR) is 56.8 cm³/mol. The highest BCUT2D eigenvalue weighted by Crippen LogP contribution is 2.32. The number of halogens is 3. The third-order valence-electron chi connectivity index (χ3n) is 2.52. The standard InChI is InChI=1S/C11H14F3NO2/c1-17-9-4-2-8(3-5-9)6-10(16,7-15)11(12,13)14/h2-5,16H,6-7,15H2,1H3. The zero-order chi connectivity index (χ0) is 13.1. The molecule has 1 aromatic carbocycles. The highest BCUT2D eigenvalue weighted by atomic mass is 19.4. The van der Waals surface area contributed by atoms with Crippen LogP contribution in [0.25, 0.3) is 0 Å². The Morgan fingerprint density at radius 3 is 2.12 bits per heavy atom. The van der Waals surface area contributed by atoms with Gasteiger partial charge in [0.15, 0.2) is 5.60 Å². The van der Waals surface area contributed by atoms with Gasteiger partial charge in [-0.25, -0.2) is 0 Å². The normalized spacial score (nSPS) is 15.4. The molecule has 1 unspecified atom stereocenters.